The number of nitrogen functional groups attached to an aromatic ring is 1. The van der Waals surface area contributed by atoms with E-state index in [9.17, 15) is 13.2 Å². The number of allylic oxidation sites excluding steroid dienone is 2. The van der Waals surface area contributed by atoms with Crippen molar-refractivity contribution in [3.05, 3.63) is 59.1 Å². The number of benzene rings is 1. The molecule has 2 aromatic heterocycles. The molecule has 192 valence electrons. The van der Waals surface area contributed by atoms with Crippen LogP contribution in [0.5, 0.6) is 0 Å². The number of pyridine rings is 1. The van der Waals surface area contributed by atoms with Crippen LogP contribution in [0.15, 0.2) is 42.1 Å². The second-order valence-electron chi connectivity index (χ2n) is 9.22. The Labute approximate surface area is 205 Å². The molecule has 0 amide bonds. The van der Waals surface area contributed by atoms with Crippen LogP contribution in [0, 0.1) is 5.92 Å². The lowest BCUT2D eigenvalue weighted by molar-refractivity contribution is -0.192. The molecule has 36 heavy (non-hydrogen) atoms. The van der Waals surface area contributed by atoms with E-state index >= 15 is 0 Å². The lowest BCUT2D eigenvalue weighted by Crippen LogP contribution is -2.24. The molecule has 11 heteroatoms. The van der Waals surface area contributed by atoms with Gasteiger partial charge in [0, 0.05) is 28.9 Å². The zero-order chi connectivity index (χ0) is 25.9. The van der Waals surface area contributed by atoms with E-state index in [-0.39, 0.29) is 6.61 Å². The number of rotatable bonds is 6. The fourth-order valence-electron chi connectivity index (χ4n) is 5.09. The summed E-state index contributed by atoms with van der Waals surface area (Å²) in [5.74, 6) is -1.66. The highest BCUT2D eigenvalue weighted by molar-refractivity contribution is 5.92. The van der Waals surface area contributed by atoms with E-state index in [4.69, 9.17) is 25.7 Å². The predicted octanol–water partition coefficient (Wildman–Crippen LogP) is 4.38. The maximum atomic E-state index is 10.6. The van der Waals surface area contributed by atoms with Crippen LogP contribution in [0.1, 0.15) is 55.0 Å². The number of anilines is 1. The molecular weight excluding hydrogens is 475 g/mol. The van der Waals surface area contributed by atoms with E-state index in [1.54, 1.807) is 5.57 Å². The molecule has 5 rings (SSSR count). The summed E-state index contributed by atoms with van der Waals surface area (Å²) < 4.78 is 33.6. The number of nitrogens with two attached hydrogens (primary N) is 1. The van der Waals surface area contributed by atoms with Crippen molar-refractivity contribution in [3.8, 4) is 0 Å². The number of hydrogen-bond acceptors (Lipinski definition) is 6. The number of aryl methyl sites for hydroxylation is 1. The molecule has 2 unspecified atom stereocenters. The third kappa shape index (κ3) is 5.84. The molecule has 0 saturated heterocycles. The van der Waals surface area contributed by atoms with E-state index < -0.39 is 12.1 Å². The van der Waals surface area contributed by atoms with Crippen molar-refractivity contribution in [2.45, 2.75) is 63.8 Å². The van der Waals surface area contributed by atoms with Gasteiger partial charge in [0.25, 0.3) is 0 Å². The highest BCUT2D eigenvalue weighted by atomic mass is 19.4. The molecular formula is C25H28F3N5O3. The Morgan fingerprint density at radius 3 is 2.64 bits per heavy atom. The molecule has 0 spiro atoms. The molecule has 1 aromatic carbocycles. The van der Waals surface area contributed by atoms with Gasteiger partial charge in [-0.15, -0.1) is 5.10 Å². The van der Waals surface area contributed by atoms with Gasteiger partial charge in [0.15, 0.2) is 0 Å². The van der Waals surface area contributed by atoms with E-state index in [1.807, 2.05) is 23.0 Å². The monoisotopic (exact) mass is 503 g/mol. The molecule has 0 radical (unpaired) electrons. The number of carboxylic acids is 1. The van der Waals surface area contributed by atoms with Gasteiger partial charge in [-0.05, 0) is 56.4 Å². The highest BCUT2D eigenvalue weighted by Crippen LogP contribution is 2.47. The van der Waals surface area contributed by atoms with Gasteiger partial charge in [0.2, 0.25) is 0 Å². The third-order valence-electron chi connectivity index (χ3n) is 6.61. The smallest absolute Gasteiger partial charge is 0.475 e. The van der Waals surface area contributed by atoms with Crippen LogP contribution in [0.25, 0.3) is 10.9 Å². The van der Waals surface area contributed by atoms with E-state index in [2.05, 4.69) is 28.5 Å². The van der Waals surface area contributed by atoms with E-state index in [1.165, 1.54) is 17.7 Å². The lowest BCUT2D eigenvalue weighted by atomic mass is 9.70. The lowest BCUT2D eigenvalue weighted by Gasteiger charge is -2.36. The van der Waals surface area contributed by atoms with Crippen LogP contribution in [-0.2, 0) is 24.4 Å². The van der Waals surface area contributed by atoms with Crippen LogP contribution < -0.4 is 5.73 Å². The Morgan fingerprint density at radius 1 is 1.19 bits per heavy atom. The topological polar surface area (TPSA) is 127 Å². The number of carbonyl (C=O) groups is 1. The average molecular weight is 504 g/mol. The number of alkyl halides is 3. The van der Waals surface area contributed by atoms with Gasteiger partial charge in [0.05, 0.1) is 18.3 Å². The number of aliphatic hydroxyl groups is 1. The fraction of sp³-hybridized carbons (Fsp3) is 0.440. The Hall–Kier alpha value is -3.47. The number of nitrogens with zero attached hydrogens (tertiary/aromatic N) is 4. The van der Waals surface area contributed by atoms with Crippen LogP contribution in [0.2, 0.25) is 0 Å². The quantitative estimate of drug-likeness (QED) is 0.336. The third-order valence-corrected chi connectivity index (χ3v) is 6.61. The Bertz CT molecular complexity index is 1270. The fourth-order valence-corrected chi connectivity index (χ4v) is 5.09. The normalized spacial score (nSPS) is 18.7. The van der Waals surface area contributed by atoms with Crippen molar-refractivity contribution in [3.63, 3.8) is 0 Å². The van der Waals surface area contributed by atoms with Crippen LogP contribution in [0.3, 0.4) is 0 Å². The van der Waals surface area contributed by atoms with Crippen molar-refractivity contribution in [1.29, 1.82) is 0 Å². The summed E-state index contributed by atoms with van der Waals surface area (Å²) in [6.07, 6.45) is 5.88. The molecule has 0 fully saturated rings. The average Bonchev–Trinajstić information content (AvgIpc) is 3.29. The van der Waals surface area contributed by atoms with Gasteiger partial charge >= 0.3 is 12.1 Å². The largest absolute Gasteiger partial charge is 0.490 e. The molecule has 2 aliphatic carbocycles. The maximum Gasteiger partial charge on any atom is 0.490 e. The maximum absolute atomic E-state index is 10.6. The van der Waals surface area contributed by atoms with Crippen molar-refractivity contribution in [2.24, 2.45) is 5.92 Å². The molecule has 4 N–H and O–H groups in total. The molecule has 2 aliphatic rings. The first-order chi connectivity index (χ1) is 17.2. The minimum Gasteiger partial charge on any atom is -0.475 e. The minimum absolute atomic E-state index is 0.0512. The standard InChI is InChI=1S/C23H27N5O.C2HF3O2/c24-23-19-6-1-2-7-20(19)25-21-12-16-9-15(10-17(11-16)22(21)23)5-3-4-8-28-13-18(14-29)26-27-28;3-2(4,5)1(6)7/h1-2,6-7,9,13,16-17,29H,3-5,8,10-12,14H2,(H2,24,25);(H,6,7). The second-order valence-corrected chi connectivity index (χ2v) is 9.22. The number of aromatic nitrogens is 4. The van der Waals surface area contributed by atoms with Gasteiger partial charge in [0.1, 0.15) is 5.69 Å². The number of halogens is 3. The van der Waals surface area contributed by atoms with E-state index in [0.717, 1.165) is 55.2 Å². The zero-order valence-corrected chi connectivity index (χ0v) is 19.6. The summed E-state index contributed by atoms with van der Waals surface area (Å²) in [6, 6.07) is 8.24. The first kappa shape index (κ1) is 25.6. The van der Waals surface area contributed by atoms with Gasteiger partial charge < -0.3 is 15.9 Å². The molecule has 8 nitrogen and oxygen atoms in total. The Balaban J connectivity index is 0.000000384. The number of unbranched alkanes of at least 4 members (excludes halogenated alkanes) is 1. The summed E-state index contributed by atoms with van der Waals surface area (Å²) in [6.45, 7) is 0.795. The number of hydrogen-bond donors (Lipinski definition) is 3. The predicted molar refractivity (Wildman–Crippen MR) is 127 cm³/mol. The number of para-hydroxylation sites is 1. The van der Waals surface area contributed by atoms with Crippen LogP contribution in [0.4, 0.5) is 18.9 Å². The van der Waals surface area contributed by atoms with E-state index in [0.29, 0.717) is 17.5 Å². The SMILES string of the molecule is Nc1c2c(nc3ccccc13)CC1C=C(CCCCn3cc(CO)nn3)CC2C1.O=C(O)C(F)(F)F. The molecule has 3 aromatic rings. The van der Waals surface area contributed by atoms with Gasteiger partial charge in [-0.3, -0.25) is 9.67 Å². The summed E-state index contributed by atoms with van der Waals surface area (Å²) in [4.78, 5) is 13.9. The van der Waals surface area contributed by atoms with Crippen molar-refractivity contribution < 1.29 is 28.2 Å². The summed E-state index contributed by atoms with van der Waals surface area (Å²) in [5.41, 5.74) is 13.3. The minimum atomic E-state index is -5.08. The Kier molecular flexibility index (Phi) is 7.58. The van der Waals surface area contributed by atoms with Crippen molar-refractivity contribution in [2.75, 3.05) is 5.73 Å². The molecule has 2 heterocycles. The van der Waals surface area contributed by atoms with Crippen molar-refractivity contribution in [1.82, 2.24) is 20.0 Å². The van der Waals surface area contributed by atoms with Crippen LogP contribution in [-0.4, -0.2) is 42.3 Å². The van der Waals surface area contributed by atoms with Crippen molar-refractivity contribution >= 4 is 22.6 Å². The molecule has 2 atom stereocenters. The first-order valence-corrected chi connectivity index (χ1v) is 11.8. The second kappa shape index (κ2) is 10.7. The van der Waals surface area contributed by atoms with Gasteiger partial charge in [-0.2, -0.15) is 13.2 Å². The molecule has 0 aliphatic heterocycles. The van der Waals surface area contributed by atoms with Gasteiger partial charge in [-0.25, -0.2) is 4.79 Å². The summed E-state index contributed by atoms with van der Waals surface area (Å²) in [7, 11) is 0. The number of fused-ring (bicyclic) bond motifs is 5. The highest BCUT2D eigenvalue weighted by Gasteiger charge is 2.38. The Morgan fingerprint density at radius 2 is 1.94 bits per heavy atom. The van der Waals surface area contributed by atoms with Gasteiger partial charge in [-0.1, -0.05) is 35.1 Å². The summed E-state index contributed by atoms with van der Waals surface area (Å²) >= 11 is 0. The summed E-state index contributed by atoms with van der Waals surface area (Å²) in [5, 5.41) is 25.3. The number of aliphatic hydroxyl groups excluding tert-OH is 1. The molecule has 2 bridgehead atoms. The number of carboxylic acid groups (broad SMARTS) is 1. The zero-order valence-electron chi connectivity index (χ0n) is 19.6. The number of aliphatic carboxylic acids is 1. The first-order valence-electron chi connectivity index (χ1n) is 11.8. The molecule has 0 saturated carbocycles. The van der Waals surface area contributed by atoms with Crippen LogP contribution >= 0.6 is 0 Å².